The summed E-state index contributed by atoms with van der Waals surface area (Å²) < 4.78 is 5.27. The number of rotatable bonds is 6. The number of piperidine rings is 2. The number of halogens is 1. The van der Waals surface area contributed by atoms with Gasteiger partial charge >= 0.3 is 0 Å². The summed E-state index contributed by atoms with van der Waals surface area (Å²) in [4.78, 5) is 4.63. The van der Waals surface area contributed by atoms with Gasteiger partial charge in [-0.25, -0.2) is 0 Å². The summed E-state index contributed by atoms with van der Waals surface area (Å²) in [6, 6.07) is 16.1. The molecule has 2 aliphatic rings. The maximum atomic E-state index is 10.9. The lowest BCUT2D eigenvalue weighted by molar-refractivity contribution is 0.0343. The summed E-state index contributed by atoms with van der Waals surface area (Å²) in [5.74, 6) is 1.83. The van der Waals surface area contributed by atoms with Crippen molar-refractivity contribution in [1.29, 1.82) is 0 Å². The van der Waals surface area contributed by atoms with Crippen LogP contribution in [0.3, 0.4) is 0 Å². The average molecular weight is 488 g/mol. The standard InChI is InChI=1S/C26H34ClN3O2S/c1-32-24-7-5-19(6-8-24)20-9-13-29(14-10-20)18-25(31)21-11-15-30(16-12-21)26(33)28-23-4-2-3-22(27)17-23/h2-8,17,20-21,25,31H,9-16,18H2,1H3,(H,28,33). The van der Waals surface area contributed by atoms with Crippen molar-refractivity contribution in [2.45, 2.75) is 37.7 Å². The van der Waals surface area contributed by atoms with Crippen LogP contribution in [0.1, 0.15) is 37.2 Å². The van der Waals surface area contributed by atoms with Crippen LogP contribution in [0, 0.1) is 5.92 Å². The zero-order chi connectivity index (χ0) is 23.2. The largest absolute Gasteiger partial charge is 0.497 e. The normalized spacial score (nSPS) is 19.3. The quantitative estimate of drug-likeness (QED) is 0.559. The topological polar surface area (TPSA) is 48.0 Å². The number of thiocarbonyl (C=S) groups is 1. The van der Waals surface area contributed by atoms with Gasteiger partial charge in [-0.15, -0.1) is 0 Å². The Kier molecular flexibility index (Phi) is 8.47. The highest BCUT2D eigenvalue weighted by molar-refractivity contribution is 7.80. The minimum absolute atomic E-state index is 0.279. The van der Waals surface area contributed by atoms with E-state index in [4.69, 9.17) is 28.6 Å². The minimum atomic E-state index is -0.279. The number of aliphatic hydroxyl groups excluding tert-OH is 1. The molecule has 0 bridgehead atoms. The lowest BCUT2D eigenvalue weighted by Gasteiger charge is -2.38. The first-order chi connectivity index (χ1) is 16.0. The van der Waals surface area contributed by atoms with Crippen LogP contribution < -0.4 is 10.1 Å². The van der Waals surface area contributed by atoms with Gasteiger partial charge in [0, 0.05) is 30.3 Å². The summed E-state index contributed by atoms with van der Waals surface area (Å²) in [6.07, 6.45) is 3.92. The second-order valence-corrected chi connectivity index (χ2v) is 10.0. The Morgan fingerprint density at radius 2 is 1.79 bits per heavy atom. The Hall–Kier alpha value is -1.86. The smallest absolute Gasteiger partial charge is 0.173 e. The zero-order valence-electron chi connectivity index (χ0n) is 19.3. The number of hydrogen-bond acceptors (Lipinski definition) is 4. The molecule has 2 N–H and O–H groups in total. The molecular formula is C26H34ClN3O2S. The molecule has 0 spiro atoms. The fourth-order valence-electron chi connectivity index (χ4n) is 4.99. The number of aliphatic hydroxyl groups is 1. The first-order valence-corrected chi connectivity index (χ1v) is 12.7. The van der Waals surface area contributed by atoms with Gasteiger partial charge in [-0.05, 0) is 98.7 Å². The molecule has 1 unspecified atom stereocenters. The number of nitrogens with zero attached hydrogens (tertiary/aromatic N) is 2. The van der Waals surface area contributed by atoms with Crippen molar-refractivity contribution in [3.05, 3.63) is 59.1 Å². The maximum Gasteiger partial charge on any atom is 0.173 e. The van der Waals surface area contributed by atoms with Crippen LogP contribution in [0.2, 0.25) is 5.02 Å². The van der Waals surface area contributed by atoms with Crippen molar-refractivity contribution in [2.75, 3.05) is 45.2 Å². The number of methoxy groups -OCH3 is 1. The van der Waals surface area contributed by atoms with Crippen LogP contribution in [-0.4, -0.2) is 66.0 Å². The van der Waals surface area contributed by atoms with Crippen molar-refractivity contribution < 1.29 is 9.84 Å². The van der Waals surface area contributed by atoms with E-state index in [1.54, 1.807) is 7.11 Å². The second-order valence-electron chi connectivity index (χ2n) is 9.18. The van der Waals surface area contributed by atoms with Gasteiger partial charge in [0.2, 0.25) is 0 Å². The van der Waals surface area contributed by atoms with Gasteiger partial charge in [0.25, 0.3) is 0 Å². The molecule has 2 heterocycles. The minimum Gasteiger partial charge on any atom is -0.497 e. The van der Waals surface area contributed by atoms with Crippen LogP contribution in [0.25, 0.3) is 0 Å². The summed E-state index contributed by atoms with van der Waals surface area (Å²) in [5, 5.41) is 15.6. The number of anilines is 1. The average Bonchev–Trinajstić information content (AvgIpc) is 2.84. The number of likely N-dealkylation sites (tertiary alicyclic amines) is 2. The van der Waals surface area contributed by atoms with E-state index in [0.29, 0.717) is 16.9 Å². The van der Waals surface area contributed by atoms with Crippen LogP contribution in [0.15, 0.2) is 48.5 Å². The zero-order valence-corrected chi connectivity index (χ0v) is 20.8. The molecule has 2 fully saturated rings. The predicted molar refractivity (Wildman–Crippen MR) is 139 cm³/mol. The van der Waals surface area contributed by atoms with Gasteiger partial charge in [0.05, 0.1) is 13.2 Å². The molecule has 2 aliphatic heterocycles. The first kappa shape index (κ1) is 24.3. The predicted octanol–water partition coefficient (Wildman–Crippen LogP) is 5.00. The lowest BCUT2D eigenvalue weighted by atomic mass is 9.88. The molecule has 2 saturated heterocycles. The second kappa shape index (κ2) is 11.5. The molecule has 1 atom stereocenters. The molecule has 0 amide bonds. The fourth-order valence-corrected chi connectivity index (χ4v) is 5.49. The number of nitrogens with one attached hydrogen (secondary N) is 1. The van der Waals surface area contributed by atoms with E-state index in [0.717, 1.165) is 75.0 Å². The fraction of sp³-hybridized carbons (Fsp3) is 0.500. The Bertz CT molecular complexity index is 910. The molecule has 5 nitrogen and oxygen atoms in total. The summed E-state index contributed by atoms with van der Waals surface area (Å²) in [7, 11) is 1.70. The van der Waals surface area contributed by atoms with Crippen molar-refractivity contribution in [1.82, 2.24) is 9.80 Å². The number of β-amino-alcohol motifs (C(OH)–C–C–N with tert-alkyl or cyclic N) is 1. The first-order valence-electron chi connectivity index (χ1n) is 11.9. The molecule has 7 heteroatoms. The van der Waals surface area contributed by atoms with Gasteiger partial charge in [0.1, 0.15) is 5.75 Å². The maximum absolute atomic E-state index is 10.9. The highest BCUT2D eigenvalue weighted by Crippen LogP contribution is 2.30. The third-order valence-electron chi connectivity index (χ3n) is 7.07. The molecular weight excluding hydrogens is 454 g/mol. The van der Waals surface area contributed by atoms with Gasteiger partial charge in [-0.2, -0.15) is 0 Å². The Balaban J connectivity index is 1.18. The van der Waals surface area contributed by atoms with Crippen molar-refractivity contribution in [3.63, 3.8) is 0 Å². The molecule has 178 valence electrons. The summed E-state index contributed by atoms with van der Waals surface area (Å²) in [5.41, 5.74) is 2.30. The summed E-state index contributed by atoms with van der Waals surface area (Å²) in [6.45, 7) is 4.59. The van der Waals surface area contributed by atoms with E-state index in [1.807, 2.05) is 36.4 Å². The van der Waals surface area contributed by atoms with Crippen molar-refractivity contribution in [2.24, 2.45) is 5.92 Å². The van der Waals surface area contributed by atoms with Gasteiger partial charge < -0.3 is 25.0 Å². The molecule has 33 heavy (non-hydrogen) atoms. The summed E-state index contributed by atoms with van der Waals surface area (Å²) >= 11 is 11.7. The van der Waals surface area contributed by atoms with Gasteiger partial charge in [0.15, 0.2) is 5.11 Å². The van der Waals surface area contributed by atoms with E-state index in [9.17, 15) is 5.11 Å². The highest BCUT2D eigenvalue weighted by Gasteiger charge is 2.29. The third-order valence-corrected chi connectivity index (χ3v) is 7.66. The number of benzene rings is 2. The SMILES string of the molecule is COc1ccc(C2CCN(CC(O)C3CCN(C(=S)Nc4cccc(Cl)c4)CC3)CC2)cc1. The number of hydrogen-bond donors (Lipinski definition) is 2. The molecule has 0 aromatic heterocycles. The molecule has 0 saturated carbocycles. The Morgan fingerprint density at radius 1 is 1.09 bits per heavy atom. The van der Waals surface area contributed by atoms with Crippen molar-refractivity contribution >= 4 is 34.6 Å². The van der Waals surface area contributed by atoms with E-state index in [-0.39, 0.29) is 6.10 Å². The molecule has 2 aromatic rings. The third kappa shape index (κ3) is 6.60. The molecule has 0 radical (unpaired) electrons. The Labute approximate surface area is 207 Å². The van der Waals surface area contributed by atoms with Crippen LogP contribution >= 0.6 is 23.8 Å². The molecule has 4 rings (SSSR count). The van der Waals surface area contributed by atoms with Gasteiger partial charge in [-0.3, -0.25) is 0 Å². The van der Waals surface area contributed by atoms with E-state index in [2.05, 4.69) is 27.2 Å². The number of ether oxygens (including phenoxy) is 1. The lowest BCUT2D eigenvalue weighted by Crippen LogP contribution is -2.46. The van der Waals surface area contributed by atoms with E-state index >= 15 is 0 Å². The van der Waals surface area contributed by atoms with E-state index in [1.165, 1.54) is 5.56 Å². The van der Waals surface area contributed by atoms with Crippen LogP contribution in [0.4, 0.5) is 5.69 Å². The van der Waals surface area contributed by atoms with E-state index < -0.39 is 0 Å². The highest BCUT2D eigenvalue weighted by atomic mass is 35.5. The van der Waals surface area contributed by atoms with Crippen LogP contribution in [0.5, 0.6) is 5.75 Å². The molecule has 2 aromatic carbocycles. The van der Waals surface area contributed by atoms with Crippen molar-refractivity contribution in [3.8, 4) is 5.75 Å². The van der Waals surface area contributed by atoms with Gasteiger partial charge in [-0.1, -0.05) is 29.8 Å². The molecule has 0 aliphatic carbocycles. The Morgan fingerprint density at radius 3 is 2.42 bits per heavy atom. The van der Waals surface area contributed by atoms with Crippen LogP contribution in [-0.2, 0) is 0 Å². The monoisotopic (exact) mass is 487 g/mol.